The Morgan fingerprint density at radius 2 is 1.75 bits per heavy atom. The molecule has 0 aliphatic carbocycles. The van der Waals surface area contributed by atoms with Gasteiger partial charge in [-0.25, -0.2) is 0 Å². The van der Waals surface area contributed by atoms with Gasteiger partial charge in [-0.15, -0.1) is 0 Å². The van der Waals surface area contributed by atoms with Gasteiger partial charge in [0.2, 0.25) is 0 Å². The topological polar surface area (TPSA) is 40.5 Å². The van der Waals surface area contributed by atoms with E-state index < -0.39 is 6.10 Å². The van der Waals surface area contributed by atoms with Gasteiger partial charge in [-0.2, -0.15) is 0 Å². The molecule has 1 N–H and O–H groups in total. The van der Waals surface area contributed by atoms with Gasteiger partial charge in [-0.05, 0) is 19.8 Å². The second-order valence-corrected chi connectivity index (χ2v) is 3.42. The molecule has 0 aromatic heterocycles. The zero-order valence-electron chi connectivity index (χ0n) is 7.62. The first-order valence-electron chi connectivity index (χ1n) is 4.68. The lowest BCUT2D eigenvalue weighted by atomic mass is 10.2. The number of carbonyl (C=O) groups is 1. The van der Waals surface area contributed by atoms with Crippen molar-refractivity contribution < 1.29 is 9.90 Å². The zero-order valence-corrected chi connectivity index (χ0v) is 7.62. The van der Waals surface area contributed by atoms with Crippen LogP contribution in [0.5, 0.6) is 0 Å². The van der Waals surface area contributed by atoms with E-state index >= 15 is 0 Å². The molecular formula is C9H17NO2. The smallest absolute Gasteiger partial charge is 0.251 e. The van der Waals surface area contributed by atoms with Crippen molar-refractivity contribution in [2.24, 2.45) is 0 Å². The fourth-order valence-electron chi connectivity index (χ4n) is 1.56. The number of amides is 1. The first kappa shape index (κ1) is 9.52. The van der Waals surface area contributed by atoms with Gasteiger partial charge in [0, 0.05) is 13.1 Å². The summed E-state index contributed by atoms with van der Waals surface area (Å²) in [6, 6.07) is 0. The largest absolute Gasteiger partial charge is 0.384 e. The Kier molecular flexibility index (Phi) is 3.53. The predicted octanol–water partition coefficient (Wildman–Crippen LogP) is 0.770. The van der Waals surface area contributed by atoms with E-state index in [0.717, 1.165) is 25.9 Å². The van der Waals surface area contributed by atoms with Gasteiger partial charge < -0.3 is 10.0 Å². The molecule has 3 heteroatoms. The summed E-state index contributed by atoms with van der Waals surface area (Å²) < 4.78 is 0. The van der Waals surface area contributed by atoms with Crippen molar-refractivity contribution in [3.63, 3.8) is 0 Å². The van der Waals surface area contributed by atoms with Crippen molar-refractivity contribution in [3.8, 4) is 0 Å². The van der Waals surface area contributed by atoms with E-state index in [1.165, 1.54) is 19.8 Å². The van der Waals surface area contributed by atoms with Crippen molar-refractivity contribution >= 4 is 5.91 Å². The second-order valence-electron chi connectivity index (χ2n) is 3.42. The van der Waals surface area contributed by atoms with Gasteiger partial charge in [-0.1, -0.05) is 12.8 Å². The van der Waals surface area contributed by atoms with E-state index in [0.29, 0.717) is 0 Å². The highest BCUT2D eigenvalue weighted by Crippen LogP contribution is 2.10. The van der Waals surface area contributed by atoms with Crippen LogP contribution in [0.1, 0.15) is 32.6 Å². The van der Waals surface area contributed by atoms with E-state index in [4.69, 9.17) is 5.11 Å². The van der Waals surface area contributed by atoms with E-state index in [2.05, 4.69) is 0 Å². The Bertz CT molecular complexity index is 149. The molecule has 1 heterocycles. The molecule has 1 aliphatic rings. The van der Waals surface area contributed by atoms with Crippen LogP contribution >= 0.6 is 0 Å². The molecular weight excluding hydrogens is 154 g/mol. The Hall–Kier alpha value is -0.570. The van der Waals surface area contributed by atoms with Gasteiger partial charge in [0.15, 0.2) is 0 Å². The average molecular weight is 171 g/mol. The fraction of sp³-hybridized carbons (Fsp3) is 0.889. The number of carbonyl (C=O) groups excluding carboxylic acids is 1. The second kappa shape index (κ2) is 4.45. The molecule has 1 aliphatic heterocycles. The SMILES string of the molecule is C[C@H](O)C(=O)N1CCCCCC1. The van der Waals surface area contributed by atoms with Crippen LogP contribution in [0.4, 0.5) is 0 Å². The van der Waals surface area contributed by atoms with Crippen LogP contribution in [0.15, 0.2) is 0 Å². The maximum absolute atomic E-state index is 11.3. The molecule has 1 saturated heterocycles. The number of nitrogens with zero attached hydrogens (tertiary/aromatic N) is 1. The monoisotopic (exact) mass is 171 g/mol. The van der Waals surface area contributed by atoms with Crippen LogP contribution in [0, 0.1) is 0 Å². The minimum atomic E-state index is -0.830. The highest BCUT2D eigenvalue weighted by Gasteiger charge is 2.18. The van der Waals surface area contributed by atoms with Crippen molar-refractivity contribution in [1.82, 2.24) is 4.90 Å². The summed E-state index contributed by atoms with van der Waals surface area (Å²) >= 11 is 0. The van der Waals surface area contributed by atoms with Gasteiger partial charge in [0.05, 0.1) is 0 Å². The molecule has 0 unspecified atom stereocenters. The fourth-order valence-corrected chi connectivity index (χ4v) is 1.56. The Labute approximate surface area is 73.4 Å². The van der Waals surface area contributed by atoms with Crippen LogP contribution in [0.2, 0.25) is 0 Å². The molecule has 1 atom stereocenters. The molecule has 1 fully saturated rings. The standard InChI is InChI=1S/C9H17NO2/c1-8(11)9(12)10-6-4-2-3-5-7-10/h8,11H,2-7H2,1H3/t8-/m0/s1. The highest BCUT2D eigenvalue weighted by molar-refractivity contribution is 5.80. The number of hydrogen-bond acceptors (Lipinski definition) is 2. The Morgan fingerprint density at radius 1 is 1.25 bits per heavy atom. The third kappa shape index (κ3) is 2.48. The first-order chi connectivity index (χ1) is 5.72. The number of aliphatic hydroxyl groups is 1. The summed E-state index contributed by atoms with van der Waals surface area (Å²) in [7, 11) is 0. The van der Waals surface area contributed by atoms with E-state index in [1.807, 2.05) is 0 Å². The van der Waals surface area contributed by atoms with Gasteiger partial charge in [0.25, 0.3) is 5.91 Å². The average Bonchev–Trinajstić information content (AvgIpc) is 2.30. The molecule has 0 aromatic carbocycles. The third-order valence-electron chi connectivity index (χ3n) is 2.28. The molecule has 70 valence electrons. The first-order valence-corrected chi connectivity index (χ1v) is 4.68. The van der Waals surface area contributed by atoms with Crippen molar-refractivity contribution in [2.45, 2.75) is 38.7 Å². The maximum Gasteiger partial charge on any atom is 0.251 e. The van der Waals surface area contributed by atoms with Crippen LogP contribution in [-0.4, -0.2) is 35.1 Å². The highest BCUT2D eigenvalue weighted by atomic mass is 16.3. The van der Waals surface area contributed by atoms with Crippen LogP contribution < -0.4 is 0 Å². The molecule has 3 nitrogen and oxygen atoms in total. The molecule has 1 amide bonds. The van der Waals surface area contributed by atoms with Crippen LogP contribution in [0.3, 0.4) is 0 Å². The maximum atomic E-state index is 11.3. The number of aliphatic hydroxyl groups excluding tert-OH is 1. The summed E-state index contributed by atoms with van der Waals surface area (Å²) in [5.41, 5.74) is 0. The lowest BCUT2D eigenvalue weighted by molar-refractivity contribution is -0.139. The lowest BCUT2D eigenvalue weighted by Gasteiger charge is -2.21. The molecule has 0 spiro atoms. The van der Waals surface area contributed by atoms with E-state index in [9.17, 15) is 4.79 Å². The predicted molar refractivity (Wildman–Crippen MR) is 46.7 cm³/mol. The van der Waals surface area contributed by atoms with Crippen molar-refractivity contribution in [1.29, 1.82) is 0 Å². The Morgan fingerprint density at radius 3 is 2.17 bits per heavy atom. The van der Waals surface area contributed by atoms with Crippen LogP contribution in [0.25, 0.3) is 0 Å². The molecule has 1 rings (SSSR count). The summed E-state index contributed by atoms with van der Waals surface area (Å²) in [5, 5.41) is 9.07. The lowest BCUT2D eigenvalue weighted by Crippen LogP contribution is -2.38. The quantitative estimate of drug-likeness (QED) is 0.633. The summed E-state index contributed by atoms with van der Waals surface area (Å²) in [6.07, 6.45) is 3.76. The third-order valence-corrected chi connectivity index (χ3v) is 2.28. The molecule has 0 aromatic rings. The van der Waals surface area contributed by atoms with E-state index in [-0.39, 0.29) is 5.91 Å². The van der Waals surface area contributed by atoms with Crippen molar-refractivity contribution in [2.75, 3.05) is 13.1 Å². The van der Waals surface area contributed by atoms with Crippen LogP contribution in [-0.2, 0) is 4.79 Å². The molecule has 0 saturated carbocycles. The normalized spacial score (nSPS) is 21.7. The molecule has 0 radical (unpaired) electrons. The summed E-state index contributed by atoms with van der Waals surface area (Å²) in [6.45, 7) is 3.18. The van der Waals surface area contributed by atoms with Gasteiger partial charge in [0.1, 0.15) is 6.10 Å². The number of likely N-dealkylation sites (tertiary alicyclic amines) is 1. The van der Waals surface area contributed by atoms with Gasteiger partial charge >= 0.3 is 0 Å². The molecule has 0 bridgehead atoms. The minimum Gasteiger partial charge on any atom is -0.384 e. The summed E-state index contributed by atoms with van der Waals surface area (Å²) in [4.78, 5) is 13.1. The number of rotatable bonds is 1. The zero-order chi connectivity index (χ0) is 8.97. The Balaban J connectivity index is 2.43. The molecule has 12 heavy (non-hydrogen) atoms. The minimum absolute atomic E-state index is 0.114. The van der Waals surface area contributed by atoms with E-state index in [1.54, 1.807) is 4.90 Å². The summed E-state index contributed by atoms with van der Waals surface area (Å²) in [5.74, 6) is -0.114. The number of hydrogen-bond donors (Lipinski definition) is 1. The van der Waals surface area contributed by atoms with Gasteiger partial charge in [-0.3, -0.25) is 4.79 Å². The van der Waals surface area contributed by atoms with Crippen molar-refractivity contribution in [3.05, 3.63) is 0 Å².